The Labute approximate surface area is 162 Å². The average Bonchev–Trinajstić information content (AvgIpc) is 2.62. The molecule has 0 saturated carbocycles. The molecule has 0 N–H and O–H groups in total. The number of carbonyl (C=O) groups is 1. The molecule has 2 aromatic carbocycles. The van der Waals surface area contributed by atoms with Crippen molar-refractivity contribution >= 4 is 44.9 Å². The molecular weight excluding hydrogens is 401 g/mol. The summed E-state index contributed by atoms with van der Waals surface area (Å²) in [7, 11) is -3.04. The fourth-order valence-corrected chi connectivity index (χ4v) is 4.38. The lowest BCUT2D eigenvalue weighted by atomic mass is 10.3. The molecule has 0 spiro atoms. The second-order valence-corrected chi connectivity index (χ2v) is 7.74. The third-order valence-corrected chi connectivity index (χ3v) is 5.87. The van der Waals surface area contributed by atoms with E-state index in [4.69, 9.17) is 27.9 Å². The van der Waals surface area contributed by atoms with E-state index in [-0.39, 0.29) is 20.6 Å². The van der Waals surface area contributed by atoms with Gasteiger partial charge in [-0.05, 0) is 37.3 Å². The lowest BCUT2D eigenvalue weighted by Crippen LogP contribution is -2.36. The number of hydrogen-bond acceptors (Lipinski definition) is 5. The predicted octanol–water partition coefficient (Wildman–Crippen LogP) is 3.76. The van der Waals surface area contributed by atoms with Crippen LogP contribution in [0.2, 0.25) is 10.0 Å². The maximum Gasteiger partial charge on any atom is 0.326 e. The smallest absolute Gasteiger partial charge is 0.326 e. The van der Waals surface area contributed by atoms with Gasteiger partial charge in [0.1, 0.15) is 17.2 Å². The lowest BCUT2D eigenvalue weighted by Gasteiger charge is -2.25. The van der Waals surface area contributed by atoms with E-state index >= 15 is 0 Å². The maximum atomic E-state index is 13.2. The van der Waals surface area contributed by atoms with Crippen LogP contribution in [0.5, 0.6) is 5.75 Å². The van der Waals surface area contributed by atoms with Crippen molar-refractivity contribution in [1.82, 2.24) is 0 Å². The van der Waals surface area contributed by atoms with E-state index in [1.165, 1.54) is 31.4 Å². The van der Waals surface area contributed by atoms with Gasteiger partial charge in [-0.2, -0.15) is 0 Å². The second-order valence-electron chi connectivity index (χ2n) is 5.06. The van der Waals surface area contributed by atoms with Crippen LogP contribution in [0.4, 0.5) is 5.69 Å². The minimum absolute atomic E-state index is 0.0156. The first-order valence-electron chi connectivity index (χ1n) is 7.57. The molecule has 0 unspecified atom stereocenters. The van der Waals surface area contributed by atoms with Gasteiger partial charge in [0.25, 0.3) is 10.0 Å². The first-order valence-corrected chi connectivity index (χ1v) is 9.77. The normalized spacial score (nSPS) is 11.1. The molecule has 0 heterocycles. The molecule has 0 aliphatic heterocycles. The molecule has 0 saturated heterocycles. The average molecular weight is 418 g/mol. The second kappa shape index (κ2) is 8.62. The summed E-state index contributed by atoms with van der Waals surface area (Å²) in [6.45, 7) is 1.54. The van der Waals surface area contributed by atoms with Crippen LogP contribution >= 0.6 is 23.2 Å². The number of benzene rings is 2. The largest absolute Gasteiger partial charge is 0.492 e. The van der Waals surface area contributed by atoms with Crippen LogP contribution in [0, 0.1) is 0 Å². The Morgan fingerprint density at radius 3 is 2.50 bits per heavy atom. The van der Waals surface area contributed by atoms with Gasteiger partial charge in [0.05, 0.1) is 24.4 Å². The molecule has 0 aromatic heterocycles. The van der Waals surface area contributed by atoms with Gasteiger partial charge in [-0.3, -0.25) is 9.10 Å². The zero-order chi connectivity index (χ0) is 19.3. The molecule has 0 atom stereocenters. The van der Waals surface area contributed by atoms with Gasteiger partial charge in [0.2, 0.25) is 0 Å². The van der Waals surface area contributed by atoms with Crippen molar-refractivity contribution in [2.75, 3.05) is 24.6 Å². The third-order valence-electron chi connectivity index (χ3n) is 3.40. The number of nitrogens with zero attached hydrogens (tertiary/aromatic N) is 1. The number of carbonyl (C=O) groups excluding carboxylic acids is 1. The van der Waals surface area contributed by atoms with E-state index < -0.39 is 22.5 Å². The minimum atomic E-state index is -4.22. The Morgan fingerprint density at radius 2 is 1.85 bits per heavy atom. The van der Waals surface area contributed by atoms with Crippen LogP contribution in [0.1, 0.15) is 6.92 Å². The molecule has 0 bridgehead atoms. The van der Waals surface area contributed by atoms with Crippen molar-refractivity contribution in [3.8, 4) is 5.75 Å². The molecular formula is C17H17Cl2NO5S. The zero-order valence-electron chi connectivity index (χ0n) is 14.1. The highest BCUT2D eigenvalue weighted by Crippen LogP contribution is 2.35. The van der Waals surface area contributed by atoms with Crippen molar-refractivity contribution in [3.05, 3.63) is 52.5 Å². The summed E-state index contributed by atoms with van der Waals surface area (Å²) in [6.07, 6.45) is 0. The van der Waals surface area contributed by atoms with Gasteiger partial charge in [-0.25, -0.2) is 8.42 Å². The van der Waals surface area contributed by atoms with Gasteiger partial charge in [-0.15, -0.1) is 0 Å². The first kappa shape index (κ1) is 20.4. The Kier molecular flexibility index (Phi) is 6.75. The number of anilines is 1. The number of ether oxygens (including phenoxy) is 2. The van der Waals surface area contributed by atoms with Gasteiger partial charge in [0, 0.05) is 5.02 Å². The summed E-state index contributed by atoms with van der Waals surface area (Å²) in [5, 5.41) is 0.183. The Balaban J connectivity index is 2.65. The van der Waals surface area contributed by atoms with Crippen molar-refractivity contribution in [3.63, 3.8) is 0 Å². The summed E-state index contributed by atoms with van der Waals surface area (Å²) in [5.41, 5.74) is 0.191. The molecule has 26 heavy (non-hydrogen) atoms. The van der Waals surface area contributed by atoms with Crippen LogP contribution in [0.15, 0.2) is 47.4 Å². The highest BCUT2D eigenvalue weighted by Gasteiger charge is 2.31. The maximum absolute atomic E-state index is 13.2. The number of methoxy groups -OCH3 is 1. The lowest BCUT2D eigenvalue weighted by molar-refractivity contribution is -0.138. The van der Waals surface area contributed by atoms with Gasteiger partial charge < -0.3 is 9.47 Å². The van der Waals surface area contributed by atoms with Crippen LogP contribution in [0.3, 0.4) is 0 Å². The van der Waals surface area contributed by atoms with Crippen LogP contribution in [-0.4, -0.2) is 34.6 Å². The van der Waals surface area contributed by atoms with Gasteiger partial charge >= 0.3 is 5.97 Å². The van der Waals surface area contributed by atoms with E-state index in [2.05, 4.69) is 4.74 Å². The Hall–Kier alpha value is -1.96. The first-order chi connectivity index (χ1) is 12.3. The predicted molar refractivity (Wildman–Crippen MR) is 101 cm³/mol. The Morgan fingerprint density at radius 1 is 1.15 bits per heavy atom. The van der Waals surface area contributed by atoms with Crippen molar-refractivity contribution < 1.29 is 22.7 Å². The summed E-state index contributed by atoms with van der Waals surface area (Å²) in [5.74, 6) is -0.432. The molecule has 0 fully saturated rings. The molecule has 0 radical (unpaired) electrons. The number of hydrogen-bond donors (Lipinski definition) is 0. The Bertz CT molecular complexity index is 902. The van der Waals surface area contributed by atoms with E-state index in [0.717, 1.165) is 4.31 Å². The highest BCUT2D eigenvalue weighted by molar-refractivity contribution is 7.93. The fourth-order valence-electron chi connectivity index (χ4n) is 2.22. The number of halogens is 2. The topological polar surface area (TPSA) is 72.9 Å². The van der Waals surface area contributed by atoms with Crippen molar-refractivity contribution in [2.24, 2.45) is 0 Å². The number of sulfonamides is 1. The minimum Gasteiger partial charge on any atom is -0.492 e. The van der Waals surface area contributed by atoms with Gasteiger partial charge in [-0.1, -0.05) is 35.3 Å². The van der Waals surface area contributed by atoms with Crippen LogP contribution in [-0.2, 0) is 19.6 Å². The molecule has 0 aliphatic rings. The SMILES string of the molecule is CCOc1ccccc1N(CC(=O)OC)S(=O)(=O)c1cc(Cl)ccc1Cl. The molecule has 6 nitrogen and oxygen atoms in total. The quantitative estimate of drug-likeness (QED) is 0.641. The molecule has 140 valence electrons. The fraction of sp³-hybridized carbons (Fsp3) is 0.235. The van der Waals surface area contributed by atoms with Crippen molar-refractivity contribution in [2.45, 2.75) is 11.8 Å². The monoisotopic (exact) mass is 417 g/mol. The molecule has 0 aliphatic carbocycles. The zero-order valence-corrected chi connectivity index (χ0v) is 16.4. The highest BCUT2D eigenvalue weighted by atomic mass is 35.5. The van der Waals surface area contributed by atoms with Crippen LogP contribution in [0.25, 0.3) is 0 Å². The molecule has 2 rings (SSSR count). The van der Waals surface area contributed by atoms with Crippen molar-refractivity contribution in [1.29, 1.82) is 0 Å². The standard InChI is InChI=1S/C17H17Cl2NO5S/c1-3-25-15-7-5-4-6-14(15)20(11-17(21)24-2)26(22,23)16-10-12(18)8-9-13(16)19/h4-10H,3,11H2,1-2H3. The summed E-state index contributed by atoms with van der Waals surface area (Å²) in [4.78, 5) is 11.6. The number of para-hydroxylation sites is 2. The summed E-state index contributed by atoms with van der Waals surface area (Å²) >= 11 is 12.0. The summed E-state index contributed by atoms with van der Waals surface area (Å²) < 4.78 is 37.5. The number of esters is 1. The molecule has 9 heteroatoms. The summed E-state index contributed by atoms with van der Waals surface area (Å²) in [6, 6.07) is 10.6. The van der Waals surface area contributed by atoms with Crippen LogP contribution < -0.4 is 9.04 Å². The molecule has 2 aromatic rings. The molecule has 0 amide bonds. The number of rotatable bonds is 7. The van der Waals surface area contributed by atoms with E-state index in [0.29, 0.717) is 12.4 Å². The third kappa shape index (κ3) is 4.41. The van der Waals surface area contributed by atoms with Gasteiger partial charge in [0.15, 0.2) is 0 Å². The van der Waals surface area contributed by atoms with E-state index in [9.17, 15) is 13.2 Å². The van der Waals surface area contributed by atoms with E-state index in [1.807, 2.05) is 0 Å². The van der Waals surface area contributed by atoms with E-state index in [1.54, 1.807) is 25.1 Å².